The Morgan fingerprint density at radius 2 is 1.80 bits per heavy atom. The summed E-state index contributed by atoms with van der Waals surface area (Å²) in [5.74, 6) is 4.38. The van der Waals surface area contributed by atoms with Gasteiger partial charge in [0, 0.05) is 18.9 Å². The van der Waals surface area contributed by atoms with Crippen molar-refractivity contribution in [3.05, 3.63) is 54.1 Å². The number of benzene rings is 1. The Hall–Kier alpha value is -4.02. The molecular weight excluding hydrogens is 442 g/mol. The van der Waals surface area contributed by atoms with E-state index in [-0.39, 0.29) is 18.7 Å². The topological polar surface area (TPSA) is 103 Å². The lowest BCUT2D eigenvalue weighted by molar-refractivity contribution is -0.139. The predicted octanol–water partition coefficient (Wildman–Crippen LogP) is 4.62. The summed E-state index contributed by atoms with van der Waals surface area (Å²) in [5.41, 5.74) is -0.428. The first kappa shape index (κ1) is 25.6. The fourth-order valence-corrected chi connectivity index (χ4v) is 4.66. The van der Waals surface area contributed by atoms with Gasteiger partial charge in [-0.15, -0.1) is 0 Å². The molecule has 1 aromatic carbocycles. The van der Waals surface area contributed by atoms with Gasteiger partial charge >= 0.3 is 12.1 Å². The largest absolute Gasteiger partial charge is 0.453 e. The van der Waals surface area contributed by atoms with Gasteiger partial charge in [-0.2, -0.15) is 10.5 Å². The van der Waals surface area contributed by atoms with E-state index in [4.69, 9.17) is 9.47 Å². The normalized spacial score (nSPS) is 20.9. The first-order valence-electron chi connectivity index (χ1n) is 11.5. The van der Waals surface area contributed by atoms with Crippen LogP contribution in [0.25, 0.3) is 5.57 Å². The van der Waals surface area contributed by atoms with Gasteiger partial charge in [0.05, 0.1) is 6.04 Å². The molecule has 0 radical (unpaired) electrons. The second kappa shape index (κ2) is 10.1. The van der Waals surface area contributed by atoms with Crippen LogP contribution in [0.15, 0.2) is 48.6 Å². The summed E-state index contributed by atoms with van der Waals surface area (Å²) < 4.78 is 10.6. The molecule has 7 nitrogen and oxygen atoms in total. The fourth-order valence-electron chi connectivity index (χ4n) is 4.66. The number of hydrogen-bond acceptors (Lipinski definition) is 6. The van der Waals surface area contributed by atoms with Gasteiger partial charge in [0.15, 0.2) is 6.61 Å². The number of carbonyl (C=O) groups is 2. The second-order valence-electron chi connectivity index (χ2n) is 9.65. The summed E-state index contributed by atoms with van der Waals surface area (Å²) in [4.78, 5) is 26.0. The van der Waals surface area contributed by atoms with Crippen LogP contribution in [0, 0.1) is 45.8 Å². The Morgan fingerprint density at radius 3 is 2.37 bits per heavy atom. The van der Waals surface area contributed by atoms with Crippen molar-refractivity contribution >= 4 is 17.6 Å². The molecule has 1 saturated heterocycles. The molecule has 0 aliphatic carbocycles. The lowest BCUT2D eigenvalue weighted by Gasteiger charge is -2.42. The van der Waals surface area contributed by atoms with Crippen molar-refractivity contribution in [2.75, 3.05) is 6.61 Å². The van der Waals surface area contributed by atoms with E-state index in [1.807, 2.05) is 51.1 Å². The van der Waals surface area contributed by atoms with Crippen LogP contribution in [-0.2, 0) is 14.3 Å². The molecule has 3 atom stereocenters. The van der Waals surface area contributed by atoms with Crippen LogP contribution in [0.4, 0.5) is 4.79 Å². The van der Waals surface area contributed by atoms with Gasteiger partial charge in [-0.25, -0.2) is 4.79 Å². The van der Waals surface area contributed by atoms with Crippen molar-refractivity contribution in [3.63, 3.8) is 0 Å². The molecule has 7 heteroatoms. The maximum Gasteiger partial charge on any atom is 0.411 e. The Labute approximate surface area is 206 Å². The Kier molecular flexibility index (Phi) is 7.37. The highest BCUT2D eigenvalue weighted by molar-refractivity contribution is 5.76. The lowest BCUT2D eigenvalue weighted by Crippen LogP contribution is -2.51. The van der Waals surface area contributed by atoms with E-state index in [1.54, 1.807) is 11.0 Å². The second-order valence-corrected chi connectivity index (χ2v) is 9.65. The zero-order valence-corrected chi connectivity index (χ0v) is 20.5. The monoisotopic (exact) mass is 471 g/mol. The molecule has 0 saturated carbocycles. The van der Waals surface area contributed by atoms with Crippen LogP contribution in [0.1, 0.15) is 46.1 Å². The molecule has 2 aliphatic rings. The van der Waals surface area contributed by atoms with E-state index in [2.05, 4.69) is 30.6 Å². The third kappa shape index (κ3) is 5.39. The minimum atomic E-state index is -1.79. The van der Waals surface area contributed by atoms with Crippen LogP contribution < -0.4 is 0 Å². The average molecular weight is 472 g/mol. The molecular formula is C28H29N3O4. The van der Waals surface area contributed by atoms with Crippen LogP contribution in [0.2, 0.25) is 0 Å². The highest BCUT2D eigenvalue weighted by Gasteiger charge is 2.52. The SMILES string of the molecule is C=C(c1ccccc1)[C@@H]1C(C(C#N)(C#N)C#CCOC(C)=O)=C[C@H]2CC[C@@H]1N2C(=O)OC(C)(C)C. The molecule has 0 spiro atoms. The predicted molar refractivity (Wildman–Crippen MR) is 130 cm³/mol. The van der Waals surface area contributed by atoms with Crippen molar-refractivity contribution in [3.8, 4) is 24.0 Å². The van der Waals surface area contributed by atoms with E-state index >= 15 is 0 Å². The van der Waals surface area contributed by atoms with Crippen molar-refractivity contribution in [1.29, 1.82) is 10.5 Å². The van der Waals surface area contributed by atoms with Crippen molar-refractivity contribution in [1.82, 2.24) is 4.90 Å². The number of nitriles is 2. The summed E-state index contributed by atoms with van der Waals surface area (Å²) in [7, 11) is 0. The quantitative estimate of drug-likeness (QED) is 0.360. The molecule has 2 bridgehead atoms. The molecule has 2 aliphatic heterocycles. The molecule has 1 amide bonds. The molecule has 0 unspecified atom stereocenters. The summed E-state index contributed by atoms with van der Waals surface area (Å²) >= 11 is 0. The van der Waals surface area contributed by atoms with E-state index in [0.29, 0.717) is 24.0 Å². The number of nitrogens with zero attached hydrogens (tertiary/aromatic N) is 3. The third-order valence-electron chi connectivity index (χ3n) is 6.08. The summed E-state index contributed by atoms with van der Waals surface area (Å²) in [6, 6.07) is 13.0. The van der Waals surface area contributed by atoms with Crippen LogP contribution >= 0.6 is 0 Å². The average Bonchev–Trinajstić information content (AvgIpc) is 3.12. The molecule has 3 rings (SSSR count). The van der Waals surface area contributed by atoms with Crippen molar-refractivity contribution < 1.29 is 19.1 Å². The number of hydrogen-bond donors (Lipinski definition) is 0. The number of esters is 1. The van der Waals surface area contributed by atoms with Crippen LogP contribution in [0.5, 0.6) is 0 Å². The number of rotatable bonds is 4. The molecule has 2 heterocycles. The van der Waals surface area contributed by atoms with Gasteiger partial charge in [0.2, 0.25) is 5.41 Å². The van der Waals surface area contributed by atoms with E-state index in [0.717, 1.165) is 5.56 Å². The lowest BCUT2D eigenvalue weighted by atomic mass is 9.69. The van der Waals surface area contributed by atoms with E-state index < -0.39 is 29.0 Å². The smallest absolute Gasteiger partial charge is 0.411 e. The van der Waals surface area contributed by atoms with Crippen molar-refractivity contribution in [2.24, 2.45) is 11.3 Å². The zero-order chi connectivity index (χ0) is 25.8. The summed E-state index contributed by atoms with van der Waals surface area (Å²) in [5, 5.41) is 20.3. The standard InChI is InChI=1S/C28H29N3O4/c1-19(21-10-7-6-8-11-21)25-23(28(17-29,18-30)14-9-15-34-20(2)32)16-22-12-13-24(25)31(22)26(33)35-27(3,4)5/h6-8,10-11,16,22,24-25H,1,12-13,15H2,2-5H3/t22-,24+,25-/m1/s1. The highest BCUT2D eigenvalue weighted by atomic mass is 16.6. The maximum atomic E-state index is 13.2. The van der Waals surface area contributed by atoms with Gasteiger partial charge in [0.1, 0.15) is 17.7 Å². The molecule has 35 heavy (non-hydrogen) atoms. The zero-order valence-electron chi connectivity index (χ0n) is 20.5. The minimum Gasteiger partial charge on any atom is -0.453 e. The van der Waals surface area contributed by atoms with Crippen molar-refractivity contribution in [2.45, 2.75) is 58.2 Å². The number of ether oxygens (including phenoxy) is 2. The van der Waals surface area contributed by atoms with E-state index in [9.17, 15) is 20.1 Å². The molecule has 1 fully saturated rings. The van der Waals surface area contributed by atoms with Crippen LogP contribution in [-0.4, -0.2) is 41.3 Å². The molecule has 180 valence electrons. The number of amides is 1. The third-order valence-corrected chi connectivity index (χ3v) is 6.08. The maximum absolute atomic E-state index is 13.2. The Morgan fingerprint density at radius 1 is 1.14 bits per heavy atom. The fraction of sp³-hybridized carbons (Fsp3) is 0.429. The highest BCUT2D eigenvalue weighted by Crippen LogP contribution is 2.50. The summed E-state index contributed by atoms with van der Waals surface area (Å²) in [6.07, 6.45) is 2.69. The summed E-state index contributed by atoms with van der Waals surface area (Å²) in [6.45, 7) is 10.8. The number of carbonyl (C=O) groups excluding carboxylic acids is 2. The molecule has 0 aromatic heterocycles. The molecule has 0 N–H and O–H groups in total. The van der Waals surface area contributed by atoms with Crippen LogP contribution in [0.3, 0.4) is 0 Å². The first-order valence-corrected chi connectivity index (χ1v) is 11.5. The van der Waals surface area contributed by atoms with E-state index in [1.165, 1.54) is 6.92 Å². The number of fused-ring (bicyclic) bond motifs is 2. The van der Waals surface area contributed by atoms with Gasteiger partial charge in [-0.1, -0.05) is 54.8 Å². The van der Waals surface area contributed by atoms with Gasteiger partial charge in [-0.05, 0) is 50.3 Å². The Balaban J connectivity index is 2.12. The minimum absolute atomic E-state index is 0.227. The Bertz CT molecular complexity index is 1170. The van der Waals surface area contributed by atoms with Gasteiger partial charge in [-0.3, -0.25) is 9.69 Å². The van der Waals surface area contributed by atoms with Gasteiger partial charge in [0.25, 0.3) is 0 Å². The molecule has 1 aromatic rings. The van der Waals surface area contributed by atoms with Gasteiger partial charge < -0.3 is 9.47 Å². The first-order chi connectivity index (χ1) is 16.5.